The minimum atomic E-state index is -4.57. The fourth-order valence-corrected chi connectivity index (χ4v) is 2.56. The first kappa shape index (κ1) is 22.5. The van der Waals surface area contributed by atoms with Gasteiger partial charge in [-0.2, -0.15) is 13.2 Å². The van der Waals surface area contributed by atoms with Gasteiger partial charge in [0.1, 0.15) is 12.6 Å². The Morgan fingerprint density at radius 2 is 1.81 bits per heavy atom. The quantitative estimate of drug-likeness (QED) is 0.576. The zero-order valence-electron chi connectivity index (χ0n) is 15.6. The number of esters is 1. The maximum Gasteiger partial charge on any atom is 0.416 e. The molecule has 0 aliphatic carbocycles. The van der Waals surface area contributed by atoms with Gasteiger partial charge < -0.3 is 10.1 Å². The first-order chi connectivity index (χ1) is 12.4. The van der Waals surface area contributed by atoms with E-state index in [9.17, 15) is 27.6 Å². The summed E-state index contributed by atoms with van der Waals surface area (Å²) in [4.78, 5) is 36.5. The van der Waals surface area contributed by atoms with Crippen molar-refractivity contribution in [3.63, 3.8) is 0 Å². The van der Waals surface area contributed by atoms with Crippen LogP contribution in [0.4, 0.5) is 18.9 Å². The molecule has 0 heterocycles. The van der Waals surface area contributed by atoms with Crippen LogP contribution in [0.5, 0.6) is 0 Å². The van der Waals surface area contributed by atoms with E-state index in [1.807, 2.05) is 0 Å². The lowest BCUT2D eigenvalue weighted by atomic mass is 10.00. The number of alkyl halides is 3. The van der Waals surface area contributed by atoms with E-state index in [0.29, 0.717) is 0 Å². The van der Waals surface area contributed by atoms with Crippen LogP contribution in [0.25, 0.3) is 0 Å². The predicted octanol–water partition coefficient (Wildman–Crippen LogP) is 2.76. The number of benzene rings is 1. The van der Waals surface area contributed by atoms with Crippen molar-refractivity contribution >= 4 is 23.5 Å². The van der Waals surface area contributed by atoms with Crippen LogP contribution < -0.4 is 10.2 Å². The lowest BCUT2D eigenvalue weighted by Gasteiger charge is -2.33. The summed E-state index contributed by atoms with van der Waals surface area (Å²) in [5.41, 5.74) is -0.935. The molecular formula is C18H23F3N2O4. The van der Waals surface area contributed by atoms with E-state index in [1.165, 1.54) is 26.0 Å². The van der Waals surface area contributed by atoms with Crippen LogP contribution >= 0.6 is 0 Å². The number of carbonyl (C=O) groups is 3. The Hall–Kier alpha value is -2.58. The van der Waals surface area contributed by atoms with Crippen molar-refractivity contribution in [2.24, 2.45) is 5.92 Å². The van der Waals surface area contributed by atoms with E-state index < -0.39 is 35.6 Å². The highest BCUT2D eigenvalue weighted by Gasteiger charge is 2.35. The average Bonchev–Trinajstić information content (AvgIpc) is 2.54. The van der Waals surface area contributed by atoms with Crippen molar-refractivity contribution in [1.29, 1.82) is 0 Å². The molecule has 1 unspecified atom stereocenters. The molecule has 1 N–H and O–H groups in total. The average molecular weight is 388 g/mol. The monoisotopic (exact) mass is 388 g/mol. The number of nitrogens with one attached hydrogen (secondary N) is 1. The lowest BCUT2D eigenvalue weighted by molar-refractivity contribution is -0.141. The van der Waals surface area contributed by atoms with Crippen molar-refractivity contribution in [2.45, 2.75) is 39.9 Å². The van der Waals surface area contributed by atoms with Crippen LogP contribution in [-0.4, -0.2) is 37.0 Å². The summed E-state index contributed by atoms with van der Waals surface area (Å²) in [6.45, 7) is 5.75. The number of hydrogen-bond donors (Lipinski definition) is 1. The summed E-state index contributed by atoms with van der Waals surface area (Å²) in [5.74, 6) is -2.00. The Balaban J connectivity index is 3.11. The molecule has 0 fully saturated rings. The van der Waals surface area contributed by atoms with Gasteiger partial charge in [-0.15, -0.1) is 0 Å². The van der Waals surface area contributed by atoms with Gasteiger partial charge in [0.25, 0.3) is 0 Å². The molecule has 0 saturated heterocycles. The lowest BCUT2D eigenvalue weighted by Crippen LogP contribution is -2.52. The van der Waals surface area contributed by atoms with Gasteiger partial charge in [-0.25, -0.2) is 0 Å². The number of anilines is 1. The normalized spacial score (nSPS) is 12.4. The zero-order chi connectivity index (χ0) is 20.8. The summed E-state index contributed by atoms with van der Waals surface area (Å²) in [6.07, 6.45) is -4.57. The van der Waals surface area contributed by atoms with E-state index in [-0.39, 0.29) is 24.8 Å². The summed E-state index contributed by atoms with van der Waals surface area (Å²) >= 11 is 0. The number of rotatable bonds is 7. The molecule has 0 radical (unpaired) electrons. The van der Waals surface area contributed by atoms with Crippen molar-refractivity contribution in [3.8, 4) is 0 Å². The highest BCUT2D eigenvalue weighted by molar-refractivity contribution is 5.99. The molecule has 2 amide bonds. The van der Waals surface area contributed by atoms with Crippen molar-refractivity contribution in [2.75, 3.05) is 18.1 Å². The Bertz CT molecular complexity index is 689. The minimum Gasteiger partial charge on any atom is -0.464 e. The largest absolute Gasteiger partial charge is 0.464 e. The third-order valence-electron chi connectivity index (χ3n) is 3.68. The second-order valence-corrected chi connectivity index (χ2v) is 6.26. The van der Waals surface area contributed by atoms with Crippen LogP contribution in [0.15, 0.2) is 24.3 Å². The summed E-state index contributed by atoms with van der Waals surface area (Å²) in [5, 5.41) is 2.54. The molecule has 1 rings (SSSR count). The Morgan fingerprint density at radius 1 is 1.19 bits per heavy atom. The van der Waals surface area contributed by atoms with E-state index >= 15 is 0 Å². The molecular weight excluding hydrogens is 365 g/mol. The third-order valence-corrected chi connectivity index (χ3v) is 3.68. The van der Waals surface area contributed by atoms with Gasteiger partial charge in [0, 0.05) is 19.5 Å². The molecule has 9 heteroatoms. The number of amides is 2. The first-order valence-corrected chi connectivity index (χ1v) is 8.33. The summed E-state index contributed by atoms with van der Waals surface area (Å²) < 4.78 is 43.7. The van der Waals surface area contributed by atoms with E-state index in [0.717, 1.165) is 17.0 Å². The SMILES string of the molecule is CC(=O)OCCNC(=O)C(C(C)C)N(C(C)=O)c1cccc(C(F)(F)F)c1. The van der Waals surface area contributed by atoms with Crippen LogP contribution in [-0.2, 0) is 25.3 Å². The second kappa shape index (κ2) is 9.38. The summed E-state index contributed by atoms with van der Waals surface area (Å²) in [7, 11) is 0. The van der Waals surface area contributed by atoms with Crippen molar-refractivity contribution < 1.29 is 32.3 Å². The first-order valence-electron chi connectivity index (χ1n) is 8.33. The maximum atomic E-state index is 13.0. The minimum absolute atomic E-state index is 0.0221. The fourth-order valence-electron chi connectivity index (χ4n) is 2.56. The summed E-state index contributed by atoms with van der Waals surface area (Å²) in [6, 6.07) is 3.24. The van der Waals surface area contributed by atoms with Gasteiger partial charge in [-0.3, -0.25) is 19.3 Å². The number of ether oxygens (including phenoxy) is 1. The Labute approximate surface area is 155 Å². The molecule has 0 aliphatic rings. The van der Waals surface area contributed by atoms with Crippen LogP contribution in [0, 0.1) is 5.92 Å². The number of carbonyl (C=O) groups excluding carboxylic acids is 3. The smallest absolute Gasteiger partial charge is 0.416 e. The number of nitrogens with zero attached hydrogens (tertiary/aromatic N) is 1. The molecule has 0 spiro atoms. The zero-order valence-corrected chi connectivity index (χ0v) is 15.6. The second-order valence-electron chi connectivity index (χ2n) is 6.26. The molecule has 1 aromatic rings. The topological polar surface area (TPSA) is 75.7 Å². The van der Waals surface area contributed by atoms with E-state index in [1.54, 1.807) is 13.8 Å². The molecule has 0 bridgehead atoms. The Morgan fingerprint density at radius 3 is 2.30 bits per heavy atom. The third kappa shape index (κ3) is 6.58. The van der Waals surface area contributed by atoms with Crippen molar-refractivity contribution in [1.82, 2.24) is 5.32 Å². The Kier molecular flexibility index (Phi) is 7.81. The molecule has 0 saturated carbocycles. The highest BCUT2D eigenvalue weighted by Crippen LogP contribution is 2.32. The molecule has 1 atom stereocenters. The molecule has 0 aliphatic heterocycles. The van der Waals surface area contributed by atoms with Crippen molar-refractivity contribution in [3.05, 3.63) is 29.8 Å². The van der Waals surface area contributed by atoms with Gasteiger partial charge >= 0.3 is 12.1 Å². The molecule has 27 heavy (non-hydrogen) atoms. The standard InChI is InChI=1S/C18H23F3N2O4/c1-11(2)16(17(26)22-8-9-27-13(4)25)23(12(3)24)15-7-5-6-14(10-15)18(19,20)21/h5-7,10-11,16H,8-9H2,1-4H3,(H,22,26). The molecule has 6 nitrogen and oxygen atoms in total. The highest BCUT2D eigenvalue weighted by atomic mass is 19.4. The fraction of sp³-hybridized carbons (Fsp3) is 0.500. The molecule has 1 aromatic carbocycles. The van der Waals surface area contributed by atoms with Gasteiger partial charge in [0.05, 0.1) is 12.1 Å². The number of hydrogen-bond acceptors (Lipinski definition) is 4. The number of halogens is 3. The van der Waals surface area contributed by atoms with E-state index in [4.69, 9.17) is 4.74 Å². The van der Waals surface area contributed by atoms with Gasteiger partial charge in [0.2, 0.25) is 11.8 Å². The van der Waals surface area contributed by atoms with Crippen LogP contribution in [0.1, 0.15) is 33.3 Å². The maximum absolute atomic E-state index is 13.0. The molecule has 150 valence electrons. The van der Waals surface area contributed by atoms with E-state index in [2.05, 4.69) is 5.32 Å². The van der Waals surface area contributed by atoms with Gasteiger partial charge in [-0.05, 0) is 24.1 Å². The van der Waals surface area contributed by atoms with Gasteiger partial charge in [0.15, 0.2) is 0 Å². The van der Waals surface area contributed by atoms with Crippen LogP contribution in [0.2, 0.25) is 0 Å². The van der Waals surface area contributed by atoms with Gasteiger partial charge in [-0.1, -0.05) is 19.9 Å². The molecule has 0 aromatic heterocycles. The predicted molar refractivity (Wildman–Crippen MR) is 92.9 cm³/mol. The van der Waals surface area contributed by atoms with Crippen LogP contribution in [0.3, 0.4) is 0 Å².